The van der Waals surface area contributed by atoms with Gasteiger partial charge in [0, 0.05) is 24.6 Å². The molecule has 0 fully saturated rings. The Morgan fingerprint density at radius 2 is 1.97 bits per heavy atom. The summed E-state index contributed by atoms with van der Waals surface area (Å²) >= 11 is 0. The van der Waals surface area contributed by atoms with E-state index in [4.69, 9.17) is 9.26 Å². The summed E-state index contributed by atoms with van der Waals surface area (Å²) in [5, 5.41) is 29.7. The van der Waals surface area contributed by atoms with Crippen molar-refractivity contribution >= 4 is 11.5 Å². The van der Waals surface area contributed by atoms with Gasteiger partial charge in [-0.3, -0.25) is 4.79 Å². The van der Waals surface area contributed by atoms with E-state index in [1.165, 1.54) is 36.4 Å². The first-order valence-electron chi connectivity index (χ1n) is 8.84. The van der Waals surface area contributed by atoms with Crippen LogP contribution in [0.3, 0.4) is 0 Å². The molecule has 0 spiro atoms. The number of nitrogens with one attached hydrogen (secondary N) is 1. The Bertz CT molecular complexity index is 1010. The van der Waals surface area contributed by atoms with Crippen LogP contribution in [0.1, 0.15) is 23.3 Å². The first-order chi connectivity index (χ1) is 14.0. The van der Waals surface area contributed by atoms with Crippen LogP contribution in [0.5, 0.6) is 23.0 Å². The van der Waals surface area contributed by atoms with Crippen molar-refractivity contribution in [3.63, 3.8) is 0 Å². The fourth-order valence-corrected chi connectivity index (χ4v) is 2.70. The van der Waals surface area contributed by atoms with Crippen molar-refractivity contribution in [3.05, 3.63) is 53.1 Å². The maximum absolute atomic E-state index is 12.2. The summed E-state index contributed by atoms with van der Waals surface area (Å²) < 4.78 is 11.0. The Morgan fingerprint density at radius 3 is 2.66 bits per heavy atom. The Kier molecular flexibility index (Phi) is 6.20. The maximum atomic E-state index is 12.2. The van der Waals surface area contributed by atoms with Crippen LogP contribution in [-0.4, -0.2) is 34.7 Å². The van der Waals surface area contributed by atoms with Crippen LogP contribution in [-0.2, 0) is 0 Å². The monoisotopic (exact) mass is 397 g/mol. The molecule has 3 aromatic rings. The number of benzene rings is 2. The summed E-state index contributed by atoms with van der Waals surface area (Å²) in [5.74, 6) is -0.188. The lowest BCUT2D eigenvalue weighted by Crippen LogP contribution is -2.10. The molecule has 3 rings (SSSR count). The van der Waals surface area contributed by atoms with Gasteiger partial charge < -0.3 is 24.8 Å². The molecule has 0 aliphatic rings. The van der Waals surface area contributed by atoms with Gasteiger partial charge >= 0.3 is 0 Å². The average Bonchev–Trinajstić information content (AvgIpc) is 3.18. The molecule has 0 aliphatic heterocycles. The van der Waals surface area contributed by atoms with Crippen LogP contribution in [0.15, 0.2) is 52.2 Å². The largest absolute Gasteiger partial charge is 0.508 e. The summed E-state index contributed by atoms with van der Waals surface area (Å²) in [6.45, 7) is 0.700. The molecule has 0 saturated carbocycles. The van der Waals surface area contributed by atoms with E-state index in [0.29, 0.717) is 25.1 Å². The maximum Gasteiger partial charge on any atom is 0.184 e. The predicted molar refractivity (Wildman–Crippen MR) is 105 cm³/mol. The molecular weight excluding hydrogens is 378 g/mol. The van der Waals surface area contributed by atoms with E-state index in [1.54, 1.807) is 7.05 Å². The molecule has 0 saturated heterocycles. The molecule has 0 aliphatic carbocycles. The second-order valence-corrected chi connectivity index (χ2v) is 6.23. The molecular formula is C20H19N3O6. The van der Waals surface area contributed by atoms with E-state index < -0.39 is 0 Å². The second kappa shape index (κ2) is 8.98. The summed E-state index contributed by atoms with van der Waals surface area (Å²) in [7, 11) is 1.80. The van der Waals surface area contributed by atoms with Gasteiger partial charge in [0.2, 0.25) is 0 Å². The number of nitrogens with zero attached hydrogens (tertiary/aromatic N) is 2. The Hall–Kier alpha value is -3.72. The molecule has 1 heterocycles. The van der Waals surface area contributed by atoms with Gasteiger partial charge in [0.05, 0.1) is 0 Å². The highest BCUT2D eigenvalue weighted by Crippen LogP contribution is 2.43. The number of hydrogen-bond acceptors (Lipinski definition) is 9. The minimum Gasteiger partial charge on any atom is -0.508 e. The zero-order valence-electron chi connectivity index (χ0n) is 15.6. The van der Waals surface area contributed by atoms with Gasteiger partial charge in [-0.15, -0.1) is 4.91 Å². The number of Topliss-reactive ketones (excluding diaryl/α,β-unsaturated/α-hetero) is 1. The van der Waals surface area contributed by atoms with Gasteiger partial charge in [-0.05, 0) is 49.5 Å². The molecule has 1 aromatic heterocycles. The fourth-order valence-electron chi connectivity index (χ4n) is 2.70. The highest BCUT2D eigenvalue weighted by molar-refractivity contribution is 5.95. The Labute approximate surface area is 165 Å². The summed E-state index contributed by atoms with van der Waals surface area (Å²) in [5.41, 5.74) is 0.492. The molecule has 3 N–H and O–H groups in total. The van der Waals surface area contributed by atoms with Gasteiger partial charge in [0.25, 0.3) is 0 Å². The lowest BCUT2D eigenvalue weighted by molar-refractivity contribution is 0.0971. The number of hydrogen-bond donors (Lipinski definition) is 3. The number of phenolic OH excluding ortho intramolecular Hbond substituents is 2. The number of rotatable bonds is 9. The number of aromatic hydroxyl groups is 2. The van der Waals surface area contributed by atoms with Gasteiger partial charge in [-0.2, -0.15) is 0 Å². The van der Waals surface area contributed by atoms with Crippen molar-refractivity contribution in [1.82, 2.24) is 10.5 Å². The van der Waals surface area contributed by atoms with E-state index in [2.05, 4.69) is 15.7 Å². The van der Waals surface area contributed by atoms with Crippen LogP contribution in [0, 0.1) is 4.91 Å². The smallest absolute Gasteiger partial charge is 0.184 e. The van der Waals surface area contributed by atoms with E-state index in [-0.39, 0.29) is 45.7 Å². The minimum absolute atomic E-state index is 0.0830. The summed E-state index contributed by atoms with van der Waals surface area (Å²) in [6.07, 6.45) is 0.955. The van der Waals surface area contributed by atoms with Gasteiger partial charge in [-0.25, -0.2) is 0 Å². The van der Waals surface area contributed by atoms with Crippen LogP contribution in [0.4, 0.5) is 5.69 Å². The lowest BCUT2D eigenvalue weighted by Gasteiger charge is -2.11. The van der Waals surface area contributed by atoms with Crippen molar-refractivity contribution in [2.75, 3.05) is 13.6 Å². The van der Waals surface area contributed by atoms with Crippen molar-refractivity contribution < 1.29 is 24.3 Å². The molecule has 0 bridgehead atoms. The van der Waals surface area contributed by atoms with Gasteiger partial charge in [0.15, 0.2) is 11.5 Å². The first-order valence-corrected chi connectivity index (χ1v) is 8.84. The third-order valence-corrected chi connectivity index (χ3v) is 4.11. The number of carbonyl (C=O) groups is 1. The van der Waals surface area contributed by atoms with Crippen LogP contribution < -0.4 is 10.1 Å². The van der Waals surface area contributed by atoms with Crippen LogP contribution in [0.25, 0.3) is 11.3 Å². The van der Waals surface area contributed by atoms with Crippen LogP contribution in [0.2, 0.25) is 0 Å². The molecule has 0 amide bonds. The Morgan fingerprint density at radius 1 is 1.21 bits per heavy atom. The predicted octanol–water partition coefficient (Wildman–Crippen LogP) is 4.13. The third kappa shape index (κ3) is 4.77. The number of nitroso groups, excluding NO2 is 1. The van der Waals surface area contributed by atoms with Crippen molar-refractivity contribution in [2.24, 2.45) is 5.18 Å². The normalized spacial score (nSPS) is 10.7. The quantitative estimate of drug-likeness (QED) is 0.279. The third-order valence-electron chi connectivity index (χ3n) is 4.11. The summed E-state index contributed by atoms with van der Waals surface area (Å²) in [6, 6.07) is 9.77. The molecule has 0 atom stereocenters. The number of ketones is 1. The van der Waals surface area contributed by atoms with E-state index >= 15 is 0 Å². The highest BCUT2D eigenvalue weighted by Gasteiger charge is 2.21. The topological polar surface area (TPSA) is 134 Å². The molecule has 0 radical (unpaired) electrons. The minimum atomic E-state index is -0.309. The van der Waals surface area contributed by atoms with Crippen molar-refractivity contribution in [3.8, 4) is 34.3 Å². The first kappa shape index (κ1) is 20.0. The van der Waals surface area contributed by atoms with Gasteiger partial charge in [0.1, 0.15) is 39.9 Å². The van der Waals surface area contributed by atoms with Crippen molar-refractivity contribution in [2.45, 2.75) is 12.8 Å². The fraction of sp³-hybridized carbons (Fsp3) is 0.200. The van der Waals surface area contributed by atoms with E-state index in [1.807, 2.05) is 0 Å². The number of phenols is 2. The van der Waals surface area contributed by atoms with E-state index in [9.17, 15) is 19.9 Å². The molecule has 150 valence electrons. The highest BCUT2D eigenvalue weighted by atomic mass is 16.5. The average molecular weight is 397 g/mol. The van der Waals surface area contributed by atoms with Gasteiger partial charge in [-0.1, -0.05) is 5.16 Å². The zero-order chi connectivity index (χ0) is 20.8. The standard InChI is InChI=1S/C20H19N3O6/c1-21-8-2-3-16(25)15-11-19(29-23-15)20-17(26)9-13(24)10-18(20)28-14-6-4-12(22-27)5-7-14/h4-7,9-11,21,24,26H,2-3,8H2,1H3. The molecule has 29 heavy (non-hydrogen) atoms. The Balaban J connectivity index is 1.91. The summed E-state index contributed by atoms with van der Waals surface area (Å²) in [4.78, 5) is 22.8. The van der Waals surface area contributed by atoms with Crippen LogP contribution >= 0.6 is 0 Å². The second-order valence-electron chi connectivity index (χ2n) is 6.23. The number of aromatic nitrogens is 1. The molecule has 0 unspecified atom stereocenters. The number of carbonyl (C=O) groups excluding carboxylic acids is 1. The molecule has 9 nitrogen and oxygen atoms in total. The number of ether oxygens (including phenoxy) is 1. The lowest BCUT2D eigenvalue weighted by atomic mass is 10.1. The zero-order valence-corrected chi connectivity index (χ0v) is 15.6. The SMILES string of the molecule is CNCCCC(=O)c1cc(-c2c(O)cc(O)cc2Oc2ccc(N=O)cc2)on1. The van der Waals surface area contributed by atoms with E-state index in [0.717, 1.165) is 6.07 Å². The molecule has 2 aromatic carbocycles. The molecule has 9 heteroatoms. The van der Waals surface area contributed by atoms with Crippen molar-refractivity contribution in [1.29, 1.82) is 0 Å².